The first kappa shape index (κ1) is 21.9. The molecule has 4 aromatic carbocycles. The normalized spacial score (nSPS) is 11.3. The van der Waals surface area contributed by atoms with Gasteiger partial charge in [-0.3, -0.25) is 0 Å². The molecule has 0 saturated carbocycles. The molecule has 0 atom stereocenters. The van der Waals surface area contributed by atoms with Gasteiger partial charge in [-0.15, -0.1) is 0 Å². The van der Waals surface area contributed by atoms with Gasteiger partial charge < -0.3 is 18.6 Å². The van der Waals surface area contributed by atoms with Crippen molar-refractivity contribution in [3.05, 3.63) is 109 Å². The van der Waals surface area contributed by atoms with E-state index in [1.165, 1.54) is 0 Å². The fourth-order valence-electron chi connectivity index (χ4n) is 5.12. The van der Waals surface area contributed by atoms with Crippen LogP contribution in [0, 0.1) is 0 Å². The number of imidazole rings is 2. The summed E-state index contributed by atoms with van der Waals surface area (Å²) in [6.07, 6.45) is 11.2. The Morgan fingerprint density at radius 2 is 1.08 bits per heavy atom. The fourth-order valence-corrected chi connectivity index (χ4v) is 5.12. The van der Waals surface area contributed by atoms with Crippen molar-refractivity contribution < 1.29 is 9.47 Å². The SMILES string of the molecule is COc1c(Cn2ccnc2)cc2ccccc2c1-c1c(OC)c(Cn2ccnc2)cc2ccccc12. The number of fused-ring (bicyclic) bond motifs is 2. The lowest BCUT2D eigenvalue weighted by Crippen LogP contribution is -2.05. The van der Waals surface area contributed by atoms with Gasteiger partial charge in [-0.1, -0.05) is 48.5 Å². The number of hydrogen-bond acceptors (Lipinski definition) is 4. The van der Waals surface area contributed by atoms with Gasteiger partial charge in [0.2, 0.25) is 0 Å². The highest BCUT2D eigenvalue weighted by molar-refractivity contribution is 6.10. The molecule has 0 amide bonds. The van der Waals surface area contributed by atoms with Crippen LogP contribution in [0.5, 0.6) is 11.5 Å². The standard InChI is InChI=1S/C30H26N4O2/c1-35-29-23(17-33-13-11-31-19-33)15-21-7-3-5-9-25(21)27(29)28-26-10-6-4-8-22(26)16-24(30(28)36-2)18-34-14-12-32-20-34/h3-16,19-20H,17-18H2,1-2H3. The van der Waals surface area contributed by atoms with E-state index in [0.29, 0.717) is 13.1 Å². The zero-order valence-corrected chi connectivity index (χ0v) is 20.3. The van der Waals surface area contributed by atoms with Gasteiger partial charge >= 0.3 is 0 Å². The molecule has 6 aromatic rings. The number of benzene rings is 4. The summed E-state index contributed by atoms with van der Waals surface area (Å²) in [5.74, 6) is 1.68. The maximum absolute atomic E-state index is 6.18. The third kappa shape index (κ3) is 3.77. The van der Waals surface area contributed by atoms with E-state index in [0.717, 1.165) is 55.3 Å². The average molecular weight is 475 g/mol. The Morgan fingerprint density at radius 1 is 0.639 bits per heavy atom. The number of hydrogen-bond donors (Lipinski definition) is 0. The van der Waals surface area contributed by atoms with Gasteiger partial charge in [0.05, 0.1) is 40.0 Å². The van der Waals surface area contributed by atoms with Crippen LogP contribution in [0.1, 0.15) is 11.1 Å². The van der Waals surface area contributed by atoms with Crippen LogP contribution in [-0.4, -0.2) is 33.3 Å². The van der Waals surface area contributed by atoms with Crippen molar-refractivity contribution in [1.29, 1.82) is 0 Å². The summed E-state index contributed by atoms with van der Waals surface area (Å²) in [6, 6.07) is 21.3. The van der Waals surface area contributed by atoms with Crippen LogP contribution in [0.25, 0.3) is 32.7 Å². The van der Waals surface area contributed by atoms with Crippen LogP contribution in [0.2, 0.25) is 0 Å². The molecule has 2 heterocycles. The van der Waals surface area contributed by atoms with Crippen LogP contribution in [0.4, 0.5) is 0 Å². The first-order chi connectivity index (χ1) is 17.8. The van der Waals surface area contributed by atoms with Crippen LogP contribution in [-0.2, 0) is 13.1 Å². The van der Waals surface area contributed by atoms with Crippen molar-refractivity contribution >= 4 is 21.5 Å². The lowest BCUT2D eigenvalue weighted by atomic mass is 9.88. The Morgan fingerprint density at radius 3 is 1.47 bits per heavy atom. The monoisotopic (exact) mass is 474 g/mol. The molecule has 0 aliphatic heterocycles. The maximum atomic E-state index is 6.18. The van der Waals surface area contributed by atoms with Crippen molar-refractivity contribution in [2.24, 2.45) is 0 Å². The van der Waals surface area contributed by atoms with Crippen LogP contribution in [0.15, 0.2) is 98.1 Å². The highest BCUT2D eigenvalue weighted by atomic mass is 16.5. The van der Waals surface area contributed by atoms with E-state index in [1.54, 1.807) is 26.6 Å². The molecular weight excluding hydrogens is 448 g/mol. The highest BCUT2D eigenvalue weighted by Crippen LogP contribution is 2.48. The van der Waals surface area contributed by atoms with Crippen molar-refractivity contribution in [2.75, 3.05) is 14.2 Å². The number of methoxy groups -OCH3 is 2. The topological polar surface area (TPSA) is 54.1 Å². The molecule has 0 aliphatic rings. The molecule has 0 radical (unpaired) electrons. The number of nitrogens with zero attached hydrogens (tertiary/aromatic N) is 4. The molecule has 0 spiro atoms. The fraction of sp³-hybridized carbons (Fsp3) is 0.133. The predicted octanol–water partition coefficient (Wildman–Crippen LogP) is 6.17. The molecule has 0 bridgehead atoms. The first-order valence-electron chi connectivity index (χ1n) is 11.9. The summed E-state index contributed by atoms with van der Waals surface area (Å²) in [5.41, 5.74) is 4.23. The zero-order valence-electron chi connectivity index (χ0n) is 20.3. The second-order valence-corrected chi connectivity index (χ2v) is 8.80. The Hall–Kier alpha value is -4.58. The lowest BCUT2D eigenvalue weighted by Gasteiger charge is -2.22. The van der Waals surface area contributed by atoms with E-state index in [-0.39, 0.29) is 0 Å². The molecular formula is C30H26N4O2. The van der Waals surface area contributed by atoms with Crippen LogP contribution >= 0.6 is 0 Å². The van der Waals surface area contributed by atoms with E-state index < -0.39 is 0 Å². The van der Waals surface area contributed by atoms with Gasteiger partial charge in [0.1, 0.15) is 11.5 Å². The number of rotatable bonds is 7. The minimum atomic E-state index is 0.649. The molecule has 6 rings (SSSR count). The van der Waals surface area contributed by atoms with E-state index in [1.807, 2.05) is 25.0 Å². The largest absolute Gasteiger partial charge is 0.496 e. The molecule has 0 unspecified atom stereocenters. The van der Waals surface area contributed by atoms with Gasteiger partial charge in [0.25, 0.3) is 0 Å². The number of ether oxygens (including phenoxy) is 2. The average Bonchev–Trinajstić information content (AvgIpc) is 3.62. The third-order valence-corrected chi connectivity index (χ3v) is 6.64. The highest BCUT2D eigenvalue weighted by Gasteiger charge is 2.23. The molecule has 178 valence electrons. The van der Waals surface area contributed by atoms with Crippen molar-refractivity contribution in [1.82, 2.24) is 19.1 Å². The summed E-state index contributed by atoms with van der Waals surface area (Å²) >= 11 is 0. The smallest absolute Gasteiger partial charge is 0.132 e. The molecule has 0 N–H and O–H groups in total. The van der Waals surface area contributed by atoms with E-state index in [4.69, 9.17) is 9.47 Å². The lowest BCUT2D eigenvalue weighted by molar-refractivity contribution is 0.404. The van der Waals surface area contributed by atoms with Gasteiger partial charge in [-0.05, 0) is 33.7 Å². The minimum absolute atomic E-state index is 0.649. The summed E-state index contributed by atoms with van der Waals surface area (Å²) < 4.78 is 16.5. The Bertz CT molecular complexity index is 1530. The summed E-state index contributed by atoms with van der Waals surface area (Å²) in [6.45, 7) is 1.30. The molecule has 0 fully saturated rings. The molecule has 36 heavy (non-hydrogen) atoms. The van der Waals surface area contributed by atoms with E-state index in [9.17, 15) is 0 Å². The van der Waals surface area contributed by atoms with Crippen molar-refractivity contribution in [3.8, 4) is 22.6 Å². The molecule has 6 nitrogen and oxygen atoms in total. The van der Waals surface area contributed by atoms with Gasteiger partial charge in [-0.25, -0.2) is 9.97 Å². The third-order valence-electron chi connectivity index (χ3n) is 6.64. The van der Waals surface area contributed by atoms with Gasteiger partial charge in [0, 0.05) is 47.0 Å². The quantitative estimate of drug-likeness (QED) is 0.278. The van der Waals surface area contributed by atoms with Crippen LogP contribution in [0.3, 0.4) is 0 Å². The van der Waals surface area contributed by atoms with Gasteiger partial charge in [-0.2, -0.15) is 0 Å². The molecule has 0 aliphatic carbocycles. The summed E-state index contributed by atoms with van der Waals surface area (Å²) in [5, 5.41) is 4.53. The Kier molecular flexibility index (Phi) is 5.62. The Labute approximate surface area is 209 Å². The first-order valence-corrected chi connectivity index (χ1v) is 11.9. The van der Waals surface area contributed by atoms with E-state index >= 15 is 0 Å². The number of aromatic nitrogens is 4. The van der Waals surface area contributed by atoms with E-state index in [2.05, 4.69) is 79.8 Å². The van der Waals surface area contributed by atoms with Gasteiger partial charge in [0.15, 0.2) is 0 Å². The Balaban J connectivity index is 1.71. The summed E-state index contributed by atoms with van der Waals surface area (Å²) in [4.78, 5) is 8.45. The maximum Gasteiger partial charge on any atom is 0.132 e. The summed E-state index contributed by atoms with van der Waals surface area (Å²) in [7, 11) is 3.49. The van der Waals surface area contributed by atoms with Crippen molar-refractivity contribution in [2.45, 2.75) is 13.1 Å². The van der Waals surface area contributed by atoms with Crippen LogP contribution < -0.4 is 9.47 Å². The minimum Gasteiger partial charge on any atom is -0.496 e. The molecule has 6 heteroatoms. The zero-order chi connectivity index (χ0) is 24.5. The second-order valence-electron chi connectivity index (χ2n) is 8.80. The molecule has 2 aromatic heterocycles. The van der Waals surface area contributed by atoms with Crippen molar-refractivity contribution in [3.63, 3.8) is 0 Å². The second kappa shape index (κ2) is 9.23. The molecule has 0 saturated heterocycles. The predicted molar refractivity (Wildman–Crippen MR) is 143 cm³/mol.